The molecule has 1 aromatic heterocycles. The summed E-state index contributed by atoms with van der Waals surface area (Å²) >= 11 is 1.53. The van der Waals surface area contributed by atoms with Gasteiger partial charge in [-0.1, -0.05) is 12.1 Å². The van der Waals surface area contributed by atoms with Crippen LogP contribution in [0.2, 0.25) is 0 Å². The Hall–Kier alpha value is -2.47. The molecule has 0 spiro atoms. The van der Waals surface area contributed by atoms with Crippen molar-refractivity contribution in [2.45, 2.75) is 19.8 Å². The summed E-state index contributed by atoms with van der Waals surface area (Å²) in [4.78, 5) is 28.0. The van der Waals surface area contributed by atoms with Gasteiger partial charge in [0, 0.05) is 29.3 Å². The first-order valence-corrected chi connectivity index (χ1v) is 7.96. The lowest BCUT2D eigenvalue weighted by atomic mass is 10.1. The van der Waals surface area contributed by atoms with Crippen LogP contribution in [0.1, 0.15) is 21.9 Å². The number of ether oxygens (including phenoxy) is 1. The molecular weight excluding hydrogens is 312 g/mol. The minimum atomic E-state index is -0.231. The van der Waals surface area contributed by atoms with Crippen molar-refractivity contribution in [1.82, 2.24) is 4.98 Å². The number of amides is 1. The number of anilines is 1. The van der Waals surface area contributed by atoms with E-state index in [0.29, 0.717) is 18.5 Å². The molecule has 1 heterocycles. The average Bonchev–Trinajstić information content (AvgIpc) is 2.97. The number of hydrogen-bond acceptors (Lipinski definition) is 5. The van der Waals surface area contributed by atoms with E-state index in [2.05, 4.69) is 15.0 Å². The smallest absolute Gasteiger partial charge is 0.305 e. The van der Waals surface area contributed by atoms with E-state index in [1.807, 2.05) is 31.2 Å². The quantitative estimate of drug-likeness (QED) is 0.652. The number of methoxy groups -OCH3 is 1. The fourth-order valence-electron chi connectivity index (χ4n) is 1.90. The van der Waals surface area contributed by atoms with Gasteiger partial charge in [-0.2, -0.15) is 0 Å². The van der Waals surface area contributed by atoms with Crippen LogP contribution in [-0.4, -0.2) is 24.0 Å². The van der Waals surface area contributed by atoms with Gasteiger partial charge >= 0.3 is 5.97 Å². The Labute approximate surface area is 139 Å². The van der Waals surface area contributed by atoms with Gasteiger partial charge in [-0.25, -0.2) is 4.98 Å². The number of nitrogens with zero attached hydrogens (tertiary/aromatic N) is 1. The van der Waals surface area contributed by atoms with Crippen LogP contribution >= 0.6 is 11.3 Å². The van der Waals surface area contributed by atoms with E-state index in [9.17, 15) is 9.59 Å². The predicted molar refractivity (Wildman–Crippen MR) is 91.3 cm³/mol. The topological polar surface area (TPSA) is 68.3 Å². The average molecular weight is 330 g/mol. The highest BCUT2D eigenvalue weighted by Gasteiger charge is 2.03. The van der Waals surface area contributed by atoms with E-state index in [4.69, 9.17) is 0 Å². The molecule has 0 fully saturated rings. The van der Waals surface area contributed by atoms with E-state index in [-0.39, 0.29) is 11.9 Å². The first-order chi connectivity index (χ1) is 11.1. The van der Waals surface area contributed by atoms with Gasteiger partial charge in [0.25, 0.3) is 0 Å². The number of rotatable bonds is 6. The monoisotopic (exact) mass is 330 g/mol. The molecule has 0 unspecified atom stereocenters. The molecule has 1 aromatic carbocycles. The van der Waals surface area contributed by atoms with E-state index < -0.39 is 0 Å². The minimum absolute atomic E-state index is 0.196. The summed E-state index contributed by atoms with van der Waals surface area (Å²) in [6.07, 6.45) is 5.92. The molecule has 1 N–H and O–H groups in total. The van der Waals surface area contributed by atoms with Gasteiger partial charge in [0.15, 0.2) is 0 Å². The third-order valence-corrected chi connectivity index (χ3v) is 3.98. The van der Waals surface area contributed by atoms with Crippen LogP contribution in [0.15, 0.2) is 36.5 Å². The number of esters is 1. The molecule has 0 radical (unpaired) electrons. The van der Waals surface area contributed by atoms with Gasteiger partial charge in [0.1, 0.15) is 0 Å². The Morgan fingerprint density at radius 1 is 1.30 bits per heavy atom. The normalized spacial score (nSPS) is 10.7. The van der Waals surface area contributed by atoms with Crippen LogP contribution in [0.4, 0.5) is 5.69 Å². The number of hydrogen-bond donors (Lipinski definition) is 1. The third-order valence-electron chi connectivity index (χ3n) is 3.11. The van der Waals surface area contributed by atoms with Crippen molar-refractivity contribution < 1.29 is 14.3 Å². The summed E-state index contributed by atoms with van der Waals surface area (Å²) in [6.45, 7) is 1.92. The van der Waals surface area contributed by atoms with Crippen LogP contribution in [0, 0.1) is 6.92 Å². The second-order valence-corrected chi connectivity index (χ2v) is 6.14. The highest BCUT2D eigenvalue weighted by molar-refractivity contribution is 7.12. The van der Waals surface area contributed by atoms with Crippen LogP contribution < -0.4 is 5.32 Å². The summed E-state index contributed by atoms with van der Waals surface area (Å²) in [5, 5.41) is 3.75. The van der Waals surface area contributed by atoms with Crippen LogP contribution in [0.3, 0.4) is 0 Å². The van der Waals surface area contributed by atoms with Crippen molar-refractivity contribution in [3.05, 3.63) is 52.0 Å². The fourth-order valence-corrected chi connectivity index (χ4v) is 2.59. The largest absolute Gasteiger partial charge is 0.469 e. The molecule has 0 saturated heterocycles. The number of aromatic nitrogens is 1. The van der Waals surface area contributed by atoms with Gasteiger partial charge in [0.05, 0.1) is 12.1 Å². The summed E-state index contributed by atoms with van der Waals surface area (Å²) < 4.78 is 4.61. The third kappa shape index (κ3) is 5.67. The number of benzene rings is 1. The molecule has 120 valence electrons. The Kier molecular flexibility index (Phi) is 6.05. The zero-order chi connectivity index (χ0) is 16.7. The molecule has 0 aliphatic carbocycles. The molecular formula is C17H18N2O3S. The van der Waals surface area contributed by atoms with E-state index >= 15 is 0 Å². The zero-order valence-electron chi connectivity index (χ0n) is 13.0. The second kappa shape index (κ2) is 8.24. The zero-order valence-corrected chi connectivity index (χ0v) is 13.9. The Bertz CT molecular complexity index is 705. The first kappa shape index (κ1) is 16.9. The van der Waals surface area contributed by atoms with Crippen molar-refractivity contribution in [3.8, 4) is 0 Å². The van der Waals surface area contributed by atoms with Crippen molar-refractivity contribution >= 4 is 35.0 Å². The highest BCUT2D eigenvalue weighted by Crippen LogP contribution is 2.14. The van der Waals surface area contributed by atoms with Gasteiger partial charge < -0.3 is 10.1 Å². The highest BCUT2D eigenvalue weighted by atomic mass is 32.1. The van der Waals surface area contributed by atoms with E-state index in [1.54, 1.807) is 12.3 Å². The molecule has 0 aliphatic rings. The number of nitrogens with one attached hydrogen (secondary N) is 1. The maximum absolute atomic E-state index is 11.9. The SMILES string of the molecule is COC(=O)CCc1ccc(NC(=O)C=Cc2cnc(C)s2)cc1. The first-order valence-electron chi connectivity index (χ1n) is 7.14. The number of carbonyl (C=O) groups excluding carboxylic acids is 2. The van der Waals surface area contributed by atoms with E-state index in [0.717, 1.165) is 15.4 Å². The molecule has 0 atom stereocenters. The van der Waals surface area contributed by atoms with Crippen molar-refractivity contribution in [2.75, 3.05) is 12.4 Å². The lowest BCUT2D eigenvalue weighted by Crippen LogP contribution is -2.07. The number of carbonyl (C=O) groups is 2. The molecule has 23 heavy (non-hydrogen) atoms. The van der Waals surface area contributed by atoms with Gasteiger partial charge in [-0.15, -0.1) is 11.3 Å². The van der Waals surface area contributed by atoms with Gasteiger partial charge in [0.2, 0.25) is 5.91 Å². The Morgan fingerprint density at radius 2 is 2.04 bits per heavy atom. The second-order valence-electron chi connectivity index (χ2n) is 4.88. The Morgan fingerprint density at radius 3 is 2.65 bits per heavy atom. The van der Waals surface area contributed by atoms with Crippen LogP contribution in [-0.2, 0) is 20.7 Å². The maximum atomic E-state index is 11.9. The van der Waals surface area contributed by atoms with Gasteiger partial charge in [-0.05, 0) is 37.1 Å². The summed E-state index contributed by atoms with van der Waals surface area (Å²) in [5.41, 5.74) is 1.73. The molecule has 5 nitrogen and oxygen atoms in total. The van der Waals surface area contributed by atoms with Crippen molar-refractivity contribution in [2.24, 2.45) is 0 Å². The number of aryl methyl sites for hydroxylation is 2. The van der Waals surface area contributed by atoms with Crippen LogP contribution in [0.5, 0.6) is 0 Å². The summed E-state index contributed by atoms with van der Waals surface area (Å²) in [6, 6.07) is 7.40. The molecule has 1 amide bonds. The Balaban J connectivity index is 1.86. The fraction of sp³-hybridized carbons (Fsp3) is 0.235. The molecule has 0 aliphatic heterocycles. The van der Waals surface area contributed by atoms with Crippen molar-refractivity contribution in [1.29, 1.82) is 0 Å². The van der Waals surface area contributed by atoms with Gasteiger partial charge in [-0.3, -0.25) is 9.59 Å². The lowest BCUT2D eigenvalue weighted by molar-refractivity contribution is -0.140. The summed E-state index contributed by atoms with van der Waals surface area (Å²) in [7, 11) is 1.38. The number of thiazole rings is 1. The molecule has 0 saturated carbocycles. The maximum Gasteiger partial charge on any atom is 0.305 e. The lowest BCUT2D eigenvalue weighted by Gasteiger charge is -2.04. The molecule has 0 bridgehead atoms. The van der Waals surface area contributed by atoms with Crippen molar-refractivity contribution in [3.63, 3.8) is 0 Å². The molecule has 2 aromatic rings. The van der Waals surface area contributed by atoms with Crippen LogP contribution in [0.25, 0.3) is 6.08 Å². The molecule has 2 rings (SSSR count). The minimum Gasteiger partial charge on any atom is -0.469 e. The molecule has 6 heteroatoms. The summed E-state index contributed by atoms with van der Waals surface area (Å²) in [5.74, 6) is -0.427. The standard InChI is InChI=1S/C17H18N2O3S/c1-12-18-11-15(23-12)8-9-16(20)19-14-6-3-13(4-7-14)5-10-17(21)22-2/h3-4,6-9,11H,5,10H2,1-2H3,(H,19,20). The van der Waals surface area contributed by atoms with E-state index in [1.165, 1.54) is 24.5 Å². The predicted octanol–water partition coefficient (Wildman–Crippen LogP) is 3.21.